The Balaban J connectivity index is 1.54. The summed E-state index contributed by atoms with van der Waals surface area (Å²) in [4.78, 5) is 15.6. The van der Waals surface area contributed by atoms with Gasteiger partial charge in [-0.15, -0.1) is 0 Å². The molecule has 4 rings (SSSR count). The summed E-state index contributed by atoms with van der Waals surface area (Å²) in [5, 5.41) is 19.0. The average Bonchev–Trinajstić information content (AvgIpc) is 3.64. The maximum absolute atomic E-state index is 13.6. The average molecular weight is 485 g/mol. The standard InChI is InChI=1S/C28H31F3N2O2/c1-26(2)16-21(19-6-4-18(17-32)5-7-19)10-15-24(26)33(23-13-14-23)25(34)20-8-11-22(12-9-20)27(3,35)28(29,30)31/h4-9,11-12,21,23-24,35H,10,13-16H2,1-3H3/t21-,24-,27+/m1/s1. The number of nitrogens with zero attached hydrogens (tertiary/aromatic N) is 2. The zero-order valence-corrected chi connectivity index (χ0v) is 20.3. The summed E-state index contributed by atoms with van der Waals surface area (Å²) in [6.07, 6.45) is -0.301. The molecule has 186 valence electrons. The molecule has 0 saturated heterocycles. The van der Waals surface area contributed by atoms with Crippen molar-refractivity contribution in [3.8, 4) is 6.07 Å². The van der Waals surface area contributed by atoms with E-state index in [4.69, 9.17) is 5.26 Å². The second-order valence-corrected chi connectivity index (χ2v) is 10.8. The van der Waals surface area contributed by atoms with Crippen molar-refractivity contribution in [3.05, 3.63) is 70.8 Å². The lowest BCUT2D eigenvalue weighted by Crippen LogP contribution is -2.52. The summed E-state index contributed by atoms with van der Waals surface area (Å²) in [6.45, 7) is 5.08. The molecule has 3 atom stereocenters. The first-order chi connectivity index (χ1) is 16.3. The van der Waals surface area contributed by atoms with Crippen molar-refractivity contribution < 1.29 is 23.1 Å². The molecular weight excluding hydrogens is 453 g/mol. The van der Waals surface area contributed by atoms with E-state index in [1.165, 1.54) is 29.8 Å². The van der Waals surface area contributed by atoms with Gasteiger partial charge in [0, 0.05) is 17.6 Å². The number of halogens is 3. The summed E-state index contributed by atoms with van der Waals surface area (Å²) in [7, 11) is 0. The predicted molar refractivity (Wildman–Crippen MR) is 127 cm³/mol. The third-order valence-electron chi connectivity index (χ3n) is 7.73. The number of nitriles is 1. The minimum absolute atomic E-state index is 0.0232. The molecule has 1 amide bonds. The van der Waals surface area contributed by atoms with Crippen molar-refractivity contribution in [2.24, 2.45) is 5.41 Å². The van der Waals surface area contributed by atoms with E-state index in [1.54, 1.807) is 0 Å². The Morgan fingerprint density at radius 1 is 1.03 bits per heavy atom. The van der Waals surface area contributed by atoms with E-state index >= 15 is 0 Å². The lowest BCUT2D eigenvalue weighted by Gasteiger charge is -2.48. The Kier molecular flexibility index (Phi) is 6.48. The summed E-state index contributed by atoms with van der Waals surface area (Å²) >= 11 is 0. The Bertz CT molecular complexity index is 1110. The zero-order chi connectivity index (χ0) is 25.6. The van der Waals surface area contributed by atoms with Gasteiger partial charge in [-0.3, -0.25) is 4.79 Å². The molecule has 0 aliphatic heterocycles. The van der Waals surface area contributed by atoms with Crippen LogP contribution in [0.1, 0.15) is 85.8 Å². The first kappa shape index (κ1) is 25.2. The van der Waals surface area contributed by atoms with Crippen LogP contribution in [0.3, 0.4) is 0 Å². The molecule has 0 bridgehead atoms. The molecule has 0 aromatic heterocycles. The van der Waals surface area contributed by atoms with Crippen LogP contribution in [0.5, 0.6) is 0 Å². The van der Waals surface area contributed by atoms with Gasteiger partial charge in [-0.2, -0.15) is 18.4 Å². The molecule has 7 heteroatoms. The fourth-order valence-electron chi connectivity index (χ4n) is 5.42. The van der Waals surface area contributed by atoms with E-state index in [0.29, 0.717) is 17.0 Å². The third kappa shape index (κ3) is 4.95. The van der Waals surface area contributed by atoms with E-state index in [9.17, 15) is 23.1 Å². The molecule has 4 nitrogen and oxygen atoms in total. The number of alkyl halides is 3. The number of hydrogen-bond acceptors (Lipinski definition) is 3. The molecule has 2 aliphatic carbocycles. The van der Waals surface area contributed by atoms with E-state index in [1.807, 2.05) is 29.2 Å². The van der Waals surface area contributed by atoms with Crippen LogP contribution >= 0.6 is 0 Å². The molecule has 2 aromatic carbocycles. The molecule has 2 aliphatic rings. The highest BCUT2D eigenvalue weighted by atomic mass is 19.4. The molecule has 1 N–H and O–H groups in total. The van der Waals surface area contributed by atoms with Crippen molar-refractivity contribution >= 4 is 5.91 Å². The molecule has 0 heterocycles. The molecule has 2 fully saturated rings. The van der Waals surface area contributed by atoms with Crippen LogP contribution in [-0.2, 0) is 5.60 Å². The number of carbonyl (C=O) groups excluding carboxylic acids is 1. The highest BCUT2D eigenvalue weighted by molar-refractivity contribution is 5.95. The normalized spacial score (nSPS) is 23.7. The lowest BCUT2D eigenvalue weighted by molar-refractivity contribution is -0.258. The van der Waals surface area contributed by atoms with Crippen LogP contribution in [0.2, 0.25) is 0 Å². The quantitative estimate of drug-likeness (QED) is 0.542. The van der Waals surface area contributed by atoms with Gasteiger partial charge >= 0.3 is 6.18 Å². The van der Waals surface area contributed by atoms with Crippen molar-refractivity contribution in [3.63, 3.8) is 0 Å². The van der Waals surface area contributed by atoms with Gasteiger partial charge in [0.2, 0.25) is 0 Å². The number of aliphatic hydroxyl groups is 1. The highest BCUT2D eigenvalue weighted by Crippen LogP contribution is 2.48. The van der Waals surface area contributed by atoms with Crippen LogP contribution in [0, 0.1) is 16.7 Å². The fraction of sp³-hybridized carbons (Fsp3) is 0.500. The topological polar surface area (TPSA) is 64.3 Å². The Morgan fingerprint density at radius 2 is 1.63 bits per heavy atom. The Morgan fingerprint density at radius 3 is 2.11 bits per heavy atom. The van der Waals surface area contributed by atoms with Gasteiger partial charge in [0.1, 0.15) is 0 Å². The first-order valence-electron chi connectivity index (χ1n) is 12.1. The second-order valence-electron chi connectivity index (χ2n) is 10.8. The number of carbonyl (C=O) groups is 1. The highest BCUT2D eigenvalue weighted by Gasteiger charge is 2.51. The van der Waals surface area contributed by atoms with Gasteiger partial charge in [0.25, 0.3) is 5.91 Å². The number of hydrogen-bond donors (Lipinski definition) is 1. The molecule has 0 spiro atoms. The zero-order valence-electron chi connectivity index (χ0n) is 20.3. The lowest BCUT2D eigenvalue weighted by atomic mass is 9.66. The van der Waals surface area contributed by atoms with Crippen LogP contribution in [0.4, 0.5) is 13.2 Å². The monoisotopic (exact) mass is 484 g/mol. The summed E-state index contributed by atoms with van der Waals surface area (Å²) in [5.74, 6) is 0.176. The fourth-order valence-corrected chi connectivity index (χ4v) is 5.42. The summed E-state index contributed by atoms with van der Waals surface area (Å²) in [5.41, 5.74) is -1.25. The van der Waals surface area contributed by atoms with E-state index < -0.39 is 11.8 Å². The molecule has 0 radical (unpaired) electrons. The summed E-state index contributed by atoms with van der Waals surface area (Å²) in [6, 6.07) is 15.2. The largest absolute Gasteiger partial charge is 0.421 e. The smallest absolute Gasteiger partial charge is 0.376 e. The van der Waals surface area contributed by atoms with Crippen LogP contribution in [0.15, 0.2) is 48.5 Å². The van der Waals surface area contributed by atoms with Crippen LogP contribution in [-0.4, -0.2) is 34.2 Å². The number of rotatable bonds is 5. The van der Waals surface area contributed by atoms with E-state index in [0.717, 1.165) is 39.0 Å². The van der Waals surface area contributed by atoms with E-state index in [2.05, 4.69) is 19.9 Å². The van der Waals surface area contributed by atoms with Gasteiger partial charge < -0.3 is 10.0 Å². The van der Waals surface area contributed by atoms with Gasteiger partial charge in [0.15, 0.2) is 5.60 Å². The predicted octanol–water partition coefficient (Wildman–Crippen LogP) is 6.30. The molecule has 2 saturated carbocycles. The Labute approximate surface area is 204 Å². The van der Waals surface area contributed by atoms with Crippen LogP contribution < -0.4 is 0 Å². The minimum atomic E-state index is -4.81. The first-order valence-corrected chi connectivity index (χ1v) is 12.1. The molecule has 35 heavy (non-hydrogen) atoms. The van der Waals surface area contributed by atoms with Gasteiger partial charge in [-0.25, -0.2) is 0 Å². The number of amides is 1. The molecule has 0 unspecified atom stereocenters. The van der Waals surface area contributed by atoms with E-state index in [-0.39, 0.29) is 29.0 Å². The van der Waals surface area contributed by atoms with Crippen molar-refractivity contribution in [1.82, 2.24) is 4.90 Å². The summed E-state index contributed by atoms with van der Waals surface area (Å²) < 4.78 is 39.6. The molecule has 2 aromatic rings. The third-order valence-corrected chi connectivity index (χ3v) is 7.73. The molecular formula is C28H31F3N2O2. The SMILES string of the molecule is CC1(C)C[C@H](c2ccc(C#N)cc2)CC[C@H]1N(C(=O)c1ccc([C@](C)(O)C(F)(F)F)cc1)C1CC1. The maximum Gasteiger partial charge on any atom is 0.421 e. The number of benzene rings is 2. The van der Waals surface area contributed by atoms with Gasteiger partial charge in [-0.1, -0.05) is 38.1 Å². The Hall–Kier alpha value is -2.85. The minimum Gasteiger partial charge on any atom is -0.376 e. The maximum atomic E-state index is 13.6. The van der Waals surface area contributed by atoms with Gasteiger partial charge in [0.05, 0.1) is 11.6 Å². The van der Waals surface area contributed by atoms with Gasteiger partial charge in [-0.05, 0) is 85.8 Å². The second kappa shape index (κ2) is 8.98. The van der Waals surface area contributed by atoms with Crippen molar-refractivity contribution in [1.29, 1.82) is 5.26 Å². The van der Waals surface area contributed by atoms with Crippen molar-refractivity contribution in [2.45, 2.75) is 82.7 Å². The van der Waals surface area contributed by atoms with Crippen molar-refractivity contribution in [2.75, 3.05) is 0 Å². The van der Waals surface area contributed by atoms with Crippen LogP contribution in [0.25, 0.3) is 0 Å².